The van der Waals surface area contributed by atoms with Crippen molar-refractivity contribution in [3.63, 3.8) is 0 Å². The van der Waals surface area contributed by atoms with Gasteiger partial charge >= 0.3 is 5.97 Å². The Morgan fingerprint density at radius 3 is 2.90 bits per heavy atom. The van der Waals surface area contributed by atoms with Crippen LogP contribution in [0.2, 0.25) is 0 Å². The first kappa shape index (κ1) is 12.6. The Morgan fingerprint density at radius 2 is 2.20 bits per heavy atom. The zero-order valence-electron chi connectivity index (χ0n) is 10.8. The molecule has 1 N–H and O–H groups in total. The molecule has 0 aliphatic heterocycles. The lowest BCUT2D eigenvalue weighted by Crippen LogP contribution is -2.07. The van der Waals surface area contributed by atoms with Gasteiger partial charge in [-0.2, -0.15) is 9.78 Å². The average molecular weight is 289 g/mol. The van der Waals surface area contributed by atoms with E-state index in [9.17, 15) is 9.90 Å². The summed E-state index contributed by atoms with van der Waals surface area (Å²) in [5.41, 5.74) is 1.53. The van der Waals surface area contributed by atoms with E-state index in [4.69, 9.17) is 4.74 Å². The van der Waals surface area contributed by atoms with Crippen LogP contribution in [0.15, 0.2) is 24.3 Å². The van der Waals surface area contributed by atoms with Crippen LogP contribution in [0, 0.1) is 6.92 Å². The van der Waals surface area contributed by atoms with Crippen molar-refractivity contribution in [2.45, 2.75) is 6.92 Å². The van der Waals surface area contributed by atoms with Crippen LogP contribution < -0.4 is 4.74 Å². The van der Waals surface area contributed by atoms with E-state index >= 15 is 0 Å². The Balaban J connectivity index is 2.17. The van der Waals surface area contributed by atoms with Gasteiger partial charge < -0.3 is 9.84 Å². The monoisotopic (exact) mass is 289 g/mol. The van der Waals surface area contributed by atoms with Crippen molar-refractivity contribution < 1.29 is 14.6 Å². The van der Waals surface area contributed by atoms with Crippen LogP contribution in [-0.2, 0) is 0 Å². The summed E-state index contributed by atoms with van der Waals surface area (Å²) in [5, 5.41) is 13.9. The average Bonchev–Trinajstić information content (AvgIpc) is 3.00. The molecule has 0 atom stereocenters. The molecule has 0 radical (unpaired) electrons. The van der Waals surface area contributed by atoms with Crippen molar-refractivity contribution in [2.24, 2.45) is 0 Å². The Kier molecular flexibility index (Phi) is 2.90. The number of carboxylic acids is 1. The molecule has 6 nitrogen and oxygen atoms in total. The lowest BCUT2D eigenvalue weighted by molar-refractivity contribution is 0.0687. The van der Waals surface area contributed by atoms with Gasteiger partial charge in [0.2, 0.25) is 5.13 Å². The summed E-state index contributed by atoms with van der Waals surface area (Å²) in [6.07, 6.45) is 0. The van der Waals surface area contributed by atoms with E-state index in [0.29, 0.717) is 10.8 Å². The molecule has 102 valence electrons. The van der Waals surface area contributed by atoms with Crippen LogP contribution in [0.25, 0.3) is 15.3 Å². The first-order chi connectivity index (χ1) is 9.58. The maximum atomic E-state index is 11.2. The van der Waals surface area contributed by atoms with Crippen molar-refractivity contribution in [1.82, 2.24) is 14.8 Å². The minimum atomic E-state index is -1.03. The minimum absolute atomic E-state index is 0.105. The highest BCUT2D eigenvalue weighted by Gasteiger charge is 2.17. The Labute approximate surface area is 118 Å². The number of ether oxygens (including phenoxy) is 1. The number of fused-ring (bicyclic) bond motifs is 1. The summed E-state index contributed by atoms with van der Waals surface area (Å²) < 4.78 is 7.44. The van der Waals surface area contributed by atoms with Crippen LogP contribution in [-0.4, -0.2) is 33.0 Å². The van der Waals surface area contributed by atoms with Gasteiger partial charge in [-0.15, -0.1) is 0 Å². The van der Waals surface area contributed by atoms with Gasteiger partial charge in [-0.05, 0) is 31.2 Å². The summed E-state index contributed by atoms with van der Waals surface area (Å²) >= 11 is 1.37. The molecule has 2 heterocycles. The summed E-state index contributed by atoms with van der Waals surface area (Å²) in [6.45, 7) is 1.75. The van der Waals surface area contributed by atoms with Gasteiger partial charge in [0.05, 0.1) is 23.0 Å². The number of methoxy groups -OCH3 is 1. The first-order valence-corrected chi connectivity index (χ1v) is 6.65. The number of aromatic carboxylic acids is 1. The Morgan fingerprint density at radius 1 is 1.40 bits per heavy atom. The van der Waals surface area contributed by atoms with Crippen molar-refractivity contribution in [1.29, 1.82) is 0 Å². The number of benzene rings is 1. The van der Waals surface area contributed by atoms with Crippen molar-refractivity contribution in [3.05, 3.63) is 35.7 Å². The molecule has 20 heavy (non-hydrogen) atoms. The van der Waals surface area contributed by atoms with Gasteiger partial charge in [-0.25, -0.2) is 9.78 Å². The van der Waals surface area contributed by atoms with E-state index in [1.165, 1.54) is 22.1 Å². The number of carbonyl (C=O) groups is 1. The lowest BCUT2D eigenvalue weighted by atomic mass is 10.3. The molecular weight excluding hydrogens is 278 g/mol. The lowest BCUT2D eigenvalue weighted by Gasteiger charge is -1.97. The Bertz CT molecular complexity index is 806. The van der Waals surface area contributed by atoms with Crippen LogP contribution in [0.5, 0.6) is 5.75 Å². The van der Waals surface area contributed by atoms with E-state index in [-0.39, 0.29) is 5.69 Å². The predicted molar refractivity (Wildman–Crippen MR) is 75.0 cm³/mol. The first-order valence-electron chi connectivity index (χ1n) is 5.83. The highest BCUT2D eigenvalue weighted by atomic mass is 32.1. The number of aryl methyl sites for hydroxylation is 1. The van der Waals surface area contributed by atoms with E-state index in [1.54, 1.807) is 14.0 Å². The van der Waals surface area contributed by atoms with Gasteiger partial charge in [0.15, 0.2) is 5.69 Å². The molecule has 0 aliphatic rings. The second kappa shape index (κ2) is 4.61. The molecule has 0 aliphatic carbocycles. The summed E-state index contributed by atoms with van der Waals surface area (Å²) in [7, 11) is 1.60. The second-order valence-corrected chi connectivity index (χ2v) is 5.23. The SMILES string of the molecule is COc1ccc2nc(-n3nc(C)cc3C(=O)O)sc2c1. The molecule has 3 rings (SSSR count). The molecule has 7 heteroatoms. The number of aromatic nitrogens is 3. The van der Waals surface area contributed by atoms with Crippen LogP contribution in [0.1, 0.15) is 16.2 Å². The topological polar surface area (TPSA) is 77.2 Å². The van der Waals surface area contributed by atoms with Gasteiger partial charge in [0.1, 0.15) is 5.75 Å². The number of carboxylic acid groups (broad SMARTS) is 1. The third-order valence-corrected chi connectivity index (χ3v) is 3.81. The van der Waals surface area contributed by atoms with E-state index in [2.05, 4.69) is 10.1 Å². The third kappa shape index (κ3) is 2.01. The Hall–Kier alpha value is -2.41. The van der Waals surface area contributed by atoms with Crippen molar-refractivity contribution >= 4 is 27.5 Å². The molecule has 0 amide bonds. The number of nitrogens with zero attached hydrogens (tertiary/aromatic N) is 3. The predicted octanol–water partition coefficient (Wildman–Crippen LogP) is 2.50. The molecule has 3 aromatic rings. The number of hydrogen-bond donors (Lipinski definition) is 1. The normalized spacial score (nSPS) is 10.9. The minimum Gasteiger partial charge on any atom is -0.497 e. The number of thiazole rings is 1. The maximum absolute atomic E-state index is 11.2. The number of rotatable bonds is 3. The quantitative estimate of drug-likeness (QED) is 0.801. The van der Waals surface area contributed by atoms with Crippen LogP contribution in [0.3, 0.4) is 0 Å². The third-order valence-electron chi connectivity index (χ3n) is 2.82. The van der Waals surface area contributed by atoms with Crippen LogP contribution in [0.4, 0.5) is 0 Å². The van der Waals surface area contributed by atoms with Crippen molar-refractivity contribution in [3.8, 4) is 10.9 Å². The van der Waals surface area contributed by atoms with Gasteiger partial charge in [-0.1, -0.05) is 11.3 Å². The summed E-state index contributed by atoms with van der Waals surface area (Å²) in [6, 6.07) is 7.05. The summed E-state index contributed by atoms with van der Waals surface area (Å²) in [4.78, 5) is 15.6. The molecular formula is C13H11N3O3S. The fraction of sp³-hybridized carbons (Fsp3) is 0.154. The zero-order valence-corrected chi connectivity index (χ0v) is 11.6. The van der Waals surface area contributed by atoms with Gasteiger partial charge in [0, 0.05) is 0 Å². The van der Waals surface area contributed by atoms with E-state index in [1.807, 2.05) is 18.2 Å². The molecule has 2 aromatic heterocycles. The molecule has 0 saturated heterocycles. The van der Waals surface area contributed by atoms with Crippen molar-refractivity contribution in [2.75, 3.05) is 7.11 Å². The maximum Gasteiger partial charge on any atom is 0.354 e. The van der Waals surface area contributed by atoms with E-state index in [0.717, 1.165) is 16.0 Å². The molecule has 0 spiro atoms. The molecule has 0 unspecified atom stereocenters. The zero-order chi connectivity index (χ0) is 14.3. The second-order valence-electron chi connectivity index (χ2n) is 4.22. The smallest absolute Gasteiger partial charge is 0.354 e. The molecule has 0 bridgehead atoms. The molecule has 1 aromatic carbocycles. The fourth-order valence-corrected chi connectivity index (χ4v) is 2.87. The summed E-state index contributed by atoms with van der Waals surface area (Å²) in [5.74, 6) is -0.287. The standard InChI is InChI=1S/C13H11N3O3S/c1-7-5-10(12(17)18)16(15-7)13-14-9-4-3-8(19-2)6-11(9)20-13/h3-6H,1-2H3,(H,17,18). The number of hydrogen-bond acceptors (Lipinski definition) is 5. The fourth-order valence-electron chi connectivity index (χ4n) is 1.91. The largest absolute Gasteiger partial charge is 0.497 e. The van der Waals surface area contributed by atoms with Gasteiger partial charge in [0.25, 0.3) is 0 Å². The van der Waals surface area contributed by atoms with Crippen LogP contribution >= 0.6 is 11.3 Å². The van der Waals surface area contributed by atoms with Gasteiger partial charge in [-0.3, -0.25) is 0 Å². The van der Waals surface area contributed by atoms with E-state index < -0.39 is 5.97 Å². The molecule has 0 saturated carbocycles. The highest BCUT2D eigenvalue weighted by Crippen LogP contribution is 2.28. The highest BCUT2D eigenvalue weighted by molar-refractivity contribution is 7.20. The molecule has 0 fully saturated rings.